The summed E-state index contributed by atoms with van der Waals surface area (Å²) >= 11 is 0. The standard InChI is InChI=1S/C18H30O2/c1-11-8-18-9-13(7-14(18)12(11)2)17(6)16(5,10-18)19-15(3,4)20-17/h11-14H,7-10H2,1-6H3. The van der Waals surface area contributed by atoms with Crippen LogP contribution in [0.25, 0.3) is 0 Å². The maximum absolute atomic E-state index is 6.48. The van der Waals surface area contributed by atoms with Crippen molar-refractivity contribution in [1.29, 1.82) is 0 Å². The molecule has 20 heavy (non-hydrogen) atoms. The van der Waals surface area contributed by atoms with Gasteiger partial charge >= 0.3 is 0 Å². The lowest BCUT2D eigenvalue weighted by molar-refractivity contribution is -0.172. The van der Waals surface area contributed by atoms with Crippen molar-refractivity contribution in [1.82, 2.24) is 0 Å². The molecule has 2 heteroatoms. The number of rotatable bonds is 0. The van der Waals surface area contributed by atoms with Crippen molar-refractivity contribution in [2.24, 2.45) is 29.1 Å². The van der Waals surface area contributed by atoms with Gasteiger partial charge < -0.3 is 9.47 Å². The van der Waals surface area contributed by atoms with E-state index in [-0.39, 0.29) is 11.2 Å². The molecule has 0 amide bonds. The molecule has 0 N–H and O–H groups in total. The van der Waals surface area contributed by atoms with E-state index in [1.54, 1.807) is 0 Å². The summed E-state index contributed by atoms with van der Waals surface area (Å²) in [5.41, 5.74) is 0.356. The molecule has 0 aromatic rings. The summed E-state index contributed by atoms with van der Waals surface area (Å²) in [6, 6.07) is 0. The number of hydrogen-bond acceptors (Lipinski definition) is 2. The maximum Gasteiger partial charge on any atom is 0.164 e. The molecule has 1 spiro atoms. The Labute approximate surface area is 123 Å². The molecule has 2 nitrogen and oxygen atoms in total. The van der Waals surface area contributed by atoms with Crippen LogP contribution in [0, 0.1) is 29.1 Å². The zero-order chi connectivity index (χ0) is 14.6. The second-order valence-corrected chi connectivity index (χ2v) is 9.26. The number of hydrogen-bond donors (Lipinski definition) is 0. The van der Waals surface area contributed by atoms with Crippen LogP contribution in [0.5, 0.6) is 0 Å². The second kappa shape index (κ2) is 3.46. The predicted molar refractivity (Wildman–Crippen MR) is 79.3 cm³/mol. The first-order valence-electron chi connectivity index (χ1n) is 8.51. The van der Waals surface area contributed by atoms with Gasteiger partial charge in [0, 0.05) is 0 Å². The summed E-state index contributed by atoms with van der Waals surface area (Å²) in [6.45, 7) is 13.8. The van der Waals surface area contributed by atoms with Crippen LogP contribution in [0.15, 0.2) is 0 Å². The van der Waals surface area contributed by atoms with E-state index in [2.05, 4.69) is 41.5 Å². The largest absolute Gasteiger partial charge is 0.341 e. The van der Waals surface area contributed by atoms with Gasteiger partial charge in [0.25, 0.3) is 0 Å². The van der Waals surface area contributed by atoms with E-state index in [1.165, 1.54) is 25.7 Å². The minimum atomic E-state index is -0.421. The van der Waals surface area contributed by atoms with Crippen LogP contribution in [-0.4, -0.2) is 17.0 Å². The van der Waals surface area contributed by atoms with Crippen LogP contribution < -0.4 is 0 Å². The summed E-state index contributed by atoms with van der Waals surface area (Å²) in [4.78, 5) is 0. The van der Waals surface area contributed by atoms with E-state index >= 15 is 0 Å². The Hall–Kier alpha value is -0.0800. The third-order valence-electron chi connectivity index (χ3n) is 7.69. The van der Waals surface area contributed by atoms with Crippen molar-refractivity contribution in [3.05, 3.63) is 0 Å². The van der Waals surface area contributed by atoms with Crippen LogP contribution in [0.2, 0.25) is 0 Å². The maximum atomic E-state index is 6.48. The zero-order valence-electron chi connectivity index (χ0n) is 14.0. The second-order valence-electron chi connectivity index (χ2n) is 9.26. The highest BCUT2D eigenvalue weighted by Gasteiger charge is 2.73. The van der Waals surface area contributed by atoms with Gasteiger partial charge in [-0.1, -0.05) is 13.8 Å². The molecule has 1 aliphatic heterocycles. The molecule has 114 valence electrons. The van der Waals surface area contributed by atoms with Crippen LogP contribution in [0.3, 0.4) is 0 Å². The van der Waals surface area contributed by atoms with E-state index in [9.17, 15) is 0 Å². The minimum absolute atomic E-state index is 0.0882. The van der Waals surface area contributed by atoms with E-state index in [0.717, 1.165) is 17.8 Å². The average molecular weight is 278 g/mol. The molecule has 3 aliphatic carbocycles. The lowest BCUT2D eigenvalue weighted by atomic mass is 9.60. The molecule has 1 saturated heterocycles. The minimum Gasteiger partial charge on any atom is -0.341 e. The Morgan fingerprint density at radius 1 is 0.950 bits per heavy atom. The van der Waals surface area contributed by atoms with Gasteiger partial charge in [0.05, 0.1) is 5.60 Å². The molecule has 1 heterocycles. The first kappa shape index (κ1) is 13.6. The van der Waals surface area contributed by atoms with Crippen molar-refractivity contribution >= 4 is 0 Å². The van der Waals surface area contributed by atoms with E-state index in [4.69, 9.17) is 9.47 Å². The molecule has 4 aliphatic rings. The van der Waals surface area contributed by atoms with Crippen molar-refractivity contribution in [2.75, 3.05) is 0 Å². The smallest absolute Gasteiger partial charge is 0.164 e. The van der Waals surface area contributed by atoms with Crippen LogP contribution in [0.4, 0.5) is 0 Å². The van der Waals surface area contributed by atoms with Gasteiger partial charge in [0.2, 0.25) is 0 Å². The summed E-state index contributed by atoms with van der Waals surface area (Å²) < 4.78 is 13.0. The van der Waals surface area contributed by atoms with Crippen LogP contribution in [-0.2, 0) is 9.47 Å². The van der Waals surface area contributed by atoms with Crippen molar-refractivity contribution in [3.63, 3.8) is 0 Å². The Morgan fingerprint density at radius 3 is 2.35 bits per heavy atom. The van der Waals surface area contributed by atoms with Gasteiger partial charge in [0.1, 0.15) is 5.60 Å². The molecular weight excluding hydrogens is 248 g/mol. The molecule has 7 unspecified atom stereocenters. The highest BCUT2D eigenvalue weighted by Crippen LogP contribution is 2.72. The Bertz CT molecular complexity index is 458. The molecule has 0 radical (unpaired) electrons. The first-order valence-corrected chi connectivity index (χ1v) is 8.51. The van der Waals surface area contributed by atoms with Crippen molar-refractivity contribution < 1.29 is 9.47 Å². The fraction of sp³-hybridized carbons (Fsp3) is 1.00. The Kier molecular flexibility index (Phi) is 2.35. The van der Waals surface area contributed by atoms with Gasteiger partial charge in [-0.15, -0.1) is 0 Å². The quantitative estimate of drug-likeness (QED) is 0.654. The third-order valence-corrected chi connectivity index (χ3v) is 7.69. The van der Waals surface area contributed by atoms with Gasteiger partial charge in [-0.2, -0.15) is 0 Å². The average Bonchev–Trinajstić information content (AvgIpc) is 2.77. The van der Waals surface area contributed by atoms with Crippen LogP contribution >= 0.6 is 0 Å². The summed E-state index contributed by atoms with van der Waals surface area (Å²) in [7, 11) is 0. The topological polar surface area (TPSA) is 18.5 Å². The van der Waals surface area contributed by atoms with Crippen molar-refractivity contribution in [2.45, 2.75) is 84.2 Å². The van der Waals surface area contributed by atoms with Gasteiger partial charge in [-0.05, 0) is 82.5 Å². The summed E-state index contributed by atoms with van der Waals surface area (Å²) in [5.74, 6) is 2.92. The Balaban J connectivity index is 1.77. The van der Waals surface area contributed by atoms with Crippen molar-refractivity contribution in [3.8, 4) is 0 Å². The monoisotopic (exact) mass is 278 g/mol. The molecule has 7 atom stereocenters. The van der Waals surface area contributed by atoms with Crippen LogP contribution in [0.1, 0.15) is 67.2 Å². The fourth-order valence-corrected chi connectivity index (χ4v) is 6.89. The van der Waals surface area contributed by atoms with E-state index in [1.807, 2.05) is 0 Å². The predicted octanol–water partition coefficient (Wildman–Crippen LogP) is 4.38. The lowest BCUT2D eigenvalue weighted by Gasteiger charge is -2.50. The van der Waals surface area contributed by atoms with E-state index in [0.29, 0.717) is 11.3 Å². The molecule has 4 rings (SSSR count). The molecule has 0 aromatic carbocycles. The highest BCUT2D eigenvalue weighted by molar-refractivity contribution is 5.21. The number of ether oxygens (including phenoxy) is 2. The third kappa shape index (κ3) is 1.38. The molecule has 0 aromatic heterocycles. The molecule has 2 bridgehead atoms. The molecular formula is C18H30O2. The molecule has 3 saturated carbocycles. The lowest BCUT2D eigenvalue weighted by Crippen LogP contribution is -2.57. The van der Waals surface area contributed by atoms with Gasteiger partial charge in [-0.25, -0.2) is 0 Å². The molecule has 4 fully saturated rings. The summed E-state index contributed by atoms with van der Waals surface area (Å²) in [6.07, 6.45) is 5.34. The highest BCUT2D eigenvalue weighted by atomic mass is 16.8. The summed E-state index contributed by atoms with van der Waals surface area (Å²) in [5, 5.41) is 0. The van der Waals surface area contributed by atoms with Gasteiger partial charge in [0.15, 0.2) is 5.79 Å². The Morgan fingerprint density at radius 2 is 1.65 bits per heavy atom. The first-order chi connectivity index (χ1) is 9.11. The number of fused-ring (bicyclic) bond motifs is 3. The fourth-order valence-electron chi connectivity index (χ4n) is 6.89. The van der Waals surface area contributed by atoms with E-state index < -0.39 is 5.79 Å². The van der Waals surface area contributed by atoms with Gasteiger partial charge in [-0.3, -0.25) is 0 Å². The zero-order valence-corrected chi connectivity index (χ0v) is 14.0. The SMILES string of the molecule is CC1CC23CC(CC2C1C)C1(C)OC(C)(C)OC1(C)C3. The normalized spacial score (nSPS) is 63.3.